The predicted octanol–water partition coefficient (Wildman–Crippen LogP) is -3.15. The number of carboxylic acids is 3. The maximum atomic E-state index is 15.3. The third-order valence-corrected chi connectivity index (χ3v) is 21.8. The molecule has 0 radical (unpaired) electrons. The van der Waals surface area contributed by atoms with E-state index < -0.39 is 198 Å². The fourth-order valence-corrected chi connectivity index (χ4v) is 14.8. The number of guanidine groups is 1. The highest BCUT2D eigenvalue weighted by atomic mass is 127. The Hall–Kier alpha value is -10.0. The number of unbranched alkanes of at least 4 members (excludes halogenated alkanes) is 3. The number of carbonyl (C=O) groups excluding carboxylic acids is 11. The van der Waals surface area contributed by atoms with E-state index in [0.29, 0.717) is 53.5 Å². The number of phenolic OH excluding ortho intramolecular Hbond substituents is 1. The SMILES string of the molecule is CC(C)NCCCC[C@H](NC(=O)[C@H]1CCC(=O)N[C@@H](CCCCNC(=O)C(CS(=O)(=O)O)NC(=O)CN2CCN(CC(=O)O)CCN(CC(=O)O)CCN(CC(=O)O)CC2)C(=O)N[C@@H](Cc2ccc(O)c(I)c2)C(=O)N[C@@H](CCCCNC(C)C)C(=O)N[C@H](CCCNC(=N)N)C(=O)N[C@@H](Cc2ccc3ccccc3c2)C(=O)N[C@H](C)C(=O)N1)C(N)=O. The van der Waals surface area contributed by atoms with Crippen molar-refractivity contribution in [2.45, 2.75) is 197 Å². The van der Waals surface area contributed by atoms with Crippen LogP contribution in [0.4, 0.5) is 0 Å². The summed E-state index contributed by atoms with van der Waals surface area (Å²) in [6.07, 6.45) is -0.519. The zero-order chi connectivity index (χ0) is 90.2. The van der Waals surface area contributed by atoms with E-state index in [4.69, 9.17) is 16.9 Å². The molecule has 2 fully saturated rings. The highest BCUT2D eigenvalue weighted by molar-refractivity contribution is 14.1. The van der Waals surface area contributed by atoms with Crippen LogP contribution in [-0.2, 0) is 90.1 Å². The molecule has 0 aliphatic carbocycles. The minimum Gasteiger partial charge on any atom is -0.507 e. The highest BCUT2D eigenvalue weighted by Crippen LogP contribution is 2.23. The first-order valence-electron chi connectivity index (χ1n) is 41.0. The second kappa shape index (κ2) is 53.1. The lowest BCUT2D eigenvalue weighted by Gasteiger charge is -2.33. The Bertz CT molecular complexity index is 4140. The van der Waals surface area contributed by atoms with Crippen LogP contribution in [0.25, 0.3) is 10.8 Å². The average Bonchev–Trinajstić information content (AvgIpc) is 0.895. The molecule has 1 unspecified atom stereocenters. The second-order valence-electron chi connectivity index (χ2n) is 31.2. The number of hydrogen-bond acceptors (Lipinski definition) is 24. The van der Waals surface area contributed by atoms with Crippen LogP contribution in [0.3, 0.4) is 0 Å². The lowest BCUT2D eigenvalue weighted by Crippen LogP contribution is -2.60. The number of primary amides is 1. The number of carboxylic acid groups (broad SMARTS) is 3. The van der Waals surface area contributed by atoms with Crippen LogP contribution in [0, 0.1) is 8.98 Å². The first kappa shape index (κ1) is 103. The molecule has 0 bridgehead atoms. The number of benzene rings is 3. The zero-order valence-corrected chi connectivity index (χ0v) is 72.7. The number of fused-ring (bicyclic) bond motifs is 1. The van der Waals surface area contributed by atoms with Gasteiger partial charge in [0.2, 0.25) is 65.0 Å². The van der Waals surface area contributed by atoms with Crippen LogP contribution >= 0.6 is 22.6 Å². The first-order chi connectivity index (χ1) is 57.7. The normalized spacial score (nSPS) is 20.5. The van der Waals surface area contributed by atoms with E-state index in [9.17, 15) is 81.3 Å². The molecule has 3 aromatic carbocycles. The molecule has 11 amide bonds. The molecule has 3 aromatic rings. The lowest BCUT2D eigenvalue weighted by atomic mass is 10.00. The van der Waals surface area contributed by atoms with Gasteiger partial charge in [-0.25, -0.2) is 0 Å². The molecule has 0 aromatic heterocycles. The number of nitrogens with one attached hydrogen (secondary N) is 14. The van der Waals surface area contributed by atoms with Gasteiger partial charge in [0.15, 0.2) is 5.96 Å². The number of amides is 11. The van der Waals surface area contributed by atoms with E-state index in [2.05, 4.69) is 69.1 Å². The predicted molar refractivity (Wildman–Crippen MR) is 459 cm³/mol. The summed E-state index contributed by atoms with van der Waals surface area (Å²) in [5.41, 5.74) is 12.4. The van der Waals surface area contributed by atoms with Crippen LogP contribution in [0.5, 0.6) is 5.75 Å². The number of nitrogens with zero attached hydrogens (tertiary/aromatic N) is 4. The largest absolute Gasteiger partial charge is 0.507 e. The summed E-state index contributed by atoms with van der Waals surface area (Å²) in [6, 6.07) is 3.20. The number of hydrogen-bond donors (Lipinski definition) is 21. The topological polar surface area (TPSA) is 620 Å². The number of carbonyl (C=O) groups is 14. The molecule has 23 N–H and O–H groups in total. The van der Waals surface area contributed by atoms with E-state index in [1.165, 1.54) is 44.7 Å². The molecule has 678 valence electrons. The van der Waals surface area contributed by atoms with Gasteiger partial charge in [-0.05, 0) is 154 Å². The monoisotopic (exact) mass is 1850 g/mol. The fraction of sp³-hybridized carbons (Fsp3) is 0.608. The summed E-state index contributed by atoms with van der Waals surface area (Å²) in [7, 11) is -5.03. The number of halogens is 1. The highest BCUT2D eigenvalue weighted by Gasteiger charge is 2.37. The van der Waals surface area contributed by atoms with E-state index in [1.54, 1.807) is 12.1 Å². The Kier molecular flexibility index (Phi) is 44.6. The minimum absolute atomic E-state index is 0.00323. The van der Waals surface area contributed by atoms with Crippen molar-refractivity contribution in [3.63, 3.8) is 0 Å². The molecule has 41 nitrogen and oxygen atoms in total. The van der Waals surface area contributed by atoms with Crippen LogP contribution in [0.2, 0.25) is 0 Å². The first-order valence-corrected chi connectivity index (χ1v) is 43.7. The van der Waals surface area contributed by atoms with E-state index in [-0.39, 0.29) is 141 Å². The number of aliphatic carboxylic acids is 3. The number of rotatable bonds is 40. The molecule has 2 saturated heterocycles. The Morgan fingerprint density at radius 2 is 0.967 bits per heavy atom. The Morgan fingerprint density at radius 3 is 1.46 bits per heavy atom. The molecule has 2 heterocycles. The quantitative estimate of drug-likeness (QED) is 0.00879. The molecule has 0 spiro atoms. The maximum Gasteiger partial charge on any atom is 0.317 e. The number of phenols is 1. The van der Waals surface area contributed by atoms with Gasteiger partial charge < -0.3 is 101 Å². The van der Waals surface area contributed by atoms with Crippen molar-refractivity contribution in [1.29, 1.82) is 5.41 Å². The van der Waals surface area contributed by atoms with Crippen LogP contribution in [0.1, 0.15) is 129 Å². The molecule has 0 saturated carbocycles. The fourth-order valence-electron chi connectivity index (χ4n) is 13.6. The summed E-state index contributed by atoms with van der Waals surface area (Å²) < 4.78 is 35.4. The van der Waals surface area contributed by atoms with Gasteiger partial charge in [0.05, 0.1) is 29.7 Å². The number of nitrogens with two attached hydrogens (primary N) is 2. The second-order valence-corrected chi connectivity index (χ2v) is 33.8. The van der Waals surface area contributed by atoms with Gasteiger partial charge in [0.1, 0.15) is 65.9 Å². The molecular formula is C79H123IN20O21S. The molecule has 122 heavy (non-hydrogen) atoms. The van der Waals surface area contributed by atoms with Gasteiger partial charge in [0.25, 0.3) is 10.1 Å². The third-order valence-electron chi connectivity index (χ3n) is 20.1. The van der Waals surface area contributed by atoms with Gasteiger partial charge in [-0.2, -0.15) is 8.42 Å². The van der Waals surface area contributed by atoms with E-state index >= 15 is 19.2 Å². The summed E-state index contributed by atoms with van der Waals surface area (Å²) in [4.78, 5) is 202. The summed E-state index contributed by atoms with van der Waals surface area (Å²) in [6.45, 7) is 8.08. The van der Waals surface area contributed by atoms with Gasteiger partial charge in [-0.3, -0.25) is 96.7 Å². The standard InChI is InChI=1S/C79H123IN20O21S/c1-48(2)84-27-11-8-17-56(70(81)110)91-76(116)60-24-26-65(102)89-57(18-10-13-29-86-72(112)63(47-122(119,120)121)90-66(103)43-97-31-33-98(44-67(104)105)35-37-100(46-69(108)109)38-36-99(34-32-97)45-68(106)107)73(113)96-62(42-52-22-25-64(101)55(80)40-52)78(118)94-58(19-9-12-28-85-49(3)4)74(114)93-59(20-14-30-87-79(82)83)75(115)95-61(77(117)88-50(5)71(111)92-60)41-51-21-23-53-15-6-7-16-54(53)39-51/h6-7,15-16,21-23,25,39-40,48-50,56-63,84-85,101H,8-14,17-20,24,26-38,41-47H2,1-5H3,(H2,81,110)(H,86,112)(H,88,117)(H,89,102)(H,90,103)(H,91,116)(H,92,111)(H,93,114)(H,94,118)(H,95,115)(H,96,113)(H,104,105)(H,106,107)(H,108,109)(H4,82,83,87)(H,119,120,121)/t50-,56+,57+,58+,59-,60-,61+,62+,63?/m1/s1. The van der Waals surface area contributed by atoms with Crippen molar-refractivity contribution >= 4 is 132 Å². The van der Waals surface area contributed by atoms with Crippen molar-refractivity contribution in [2.75, 3.05) is 110 Å². The Labute approximate surface area is 723 Å². The Morgan fingerprint density at radius 1 is 0.525 bits per heavy atom. The van der Waals surface area contributed by atoms with Gasteiger partial charge in [0, 0.05) is 96.8 Å². The third kappa shape index (κ3) is 40.3. The minimum atomic E-state index is -5.03. The summed E-state index contributed by atoms with van der Waals surface area (Å²) >= 11 is 1.86. The van der Waals surface area contributed by atoms with Crippen molar-refractivity contribution < 1.29 is 101 Å². The van der Waals surface area contributed by atoms with Crippen LogP contribution in [-0.4, -0.2) is 319 Å². The van der Waals surface area contributed by atoms with E-state index in [0.717, 1.165) is 10.8 Å². The van der Waals surface area contributed by atoms with Crippen molar-refractivity contribution in [3.8, 4) is 5.75 Å². The molecule has 2 aliphatic heterocycles. The van der Waals surface area contributed by atoms with Gasteiger partial charge in [-0.1, -0.05) is 76.2 Å². The van der Waals surface area contributed by atoms with Gasteiger partial charge >= 0.3 is 17.9 Å². The van der Waals surface area contributed by atoms with Crippen LogP contribution < -0.4 is 80.6 Å². The maximum absolute atomic E-state index is 15.3. The van der Waals surface area contributed by atoms with Crippen LogP contribution in [0.15, 0.2) is 60.7 Å². The van der Waals surface area contributed by atoms with Gasteiger partial charge in [-0.15, -0.1) is 0 Å². The lowest BCUT2D eigenvalue weighted by molar-refractivity contribution is -0.140. The summed E-state index contributed by atoms with van der Waals surface area (Å²) in [5, 5.41) is 84.7. The Balaban J connectivity index is 1.56. The zero-order valence-electron chi connectivity index (χ0n) is 69.7. The average molecular weight is 1850 g/mol. The van der Waals surface area contributed by atoms with Crippen molar-refractivity contribution in [1.82, 2.24) is 88.7 Å². The molecule has 2 aliphatic rings. The van der Waals surface area contributed by atoms with E-state index in [1.807, 2.05) is 80.6 Å². The van der Waals surface area contributed by atoms with Crippen molar-refractivity contribution in [3.05, 3.63) is 75.4 Å². The van der Waals surface area contributed by atoms with Crippen molar-refractivity contribution in [2.24, 2.45) is 11.5 Å². The molecule has 5 rings (SSSR count). The smallest absolute Gasteiger partial charge is 0.317 e. The number of aromatic hydroxyl groups is 1. The summed E-state index contributed by atoms with van der Waals surface area (Å²) in [5.74, 6) is -16.0. The molecule has 9 atom stereocenters. The molecule has 43 heteroatoms. The molecular weight excluding hydrogens is 1720 g/mol.